The second-order valence-corrected chi connectivity index (χ2v) is 11.0. The quantitative estimate of drug-likeness (QED) is 0.304. The summed E-state index contributed by atoms with van der Waals surface area (Å²) >= 11 is 11.2. The van der Waals surface area contributed by atoms with Crippen LogP contribution in [0.5, 0.6) is 5.75 Å². The molecule has 3 aromatic rings. The molecule has 0 radical (unpaired) electrons. The van der Waals surface area contributed by atoms with Crippen LogP contribution in [0.3, 0.4) is 0 Å². The Morgan fingerprint density at radius 1 is 1.23 bits per heavy atom. The summed E-state index contributed by atoms with van der Waals surface area (Å²) in [6.45, 7) is 4.97. The summed E-state index contributed by atoms with van der Waals surface area (Å²) in [6, 6.07) is 16.3. The number of carbonyl (C=O) groups excluding carboxylic acids is 2. The summed E-state index contributed by atoms with van der Waals surface area (Å²) in [5.74, 6) is 0.488. The lowest BCUT2D eigenvalue weighted by Crippen LogP contribution is -2.49. The fourth-order valence-electron chi connectivity index (χ4n) is 4.25. The van der Waals surface area contributed by atoms with E-state index < -0.39 is 0 Å². The van der Waals surface area contributed by atoms with E-state index in [9.17, 15) is 9.59 Å². The largest absolute Gasteiger partial charge is 0.491 e. The highest BCUT2D eigenvalue weighted by atomic mass is 79.9. The zero-order valence-corrected chi connectivity index (χ0v) is 22.9. The second kappa shape index (κ2) is 11.6. The first kappa shape index (κ1) is 25.7. The number of rotatable bonds is 8. The van der Waals surface area contributed by atoms with Crippen LogP contribution in [0.15, 0.2) is 64.5 Å². The SMILES string of the molecule is CC[C@H](C)N(CC(=O)N1CCc2sccc2[C@H]1COc1ccc(Cl)cc1)C(=O)c1cccc(Br)c1. The number of nitrogens with zero attached hydrogens (tertiary/aromatic N) is 2. The first-order chi connectivity index (χ1) is 16.9. The molecule has 35 heavy (non-hydrogen) atoms. The number of thiophene rings is 1. The van der Waals surface area contributed by atoms with Crippen molar-refractivity contribution in [1.82, 2.24) is 9.80 Å². The number of amides is 2. The van der Waals surface area contributed by atoms with Gasteiger partial charge in [0.05, 0.1) is 6.04 Å². The molecule has 0 N–H and O–H groups in total. The predicted molar refractivity (Wildman–Crippen MR) is 144 cm³/mol. The average molecular weight is 576 g/mol. The molecule has 5 nitrogen and oxygen atoms in total. The van der Waals surface area contributed by atoms with Gasteiger partial charge in [0.15, 0.2) is 0 Å². The smallest absolute Gasteiger partial charge is 0.254 e. The summed E-state index contributed by atoms with van der Waals surface area (Å²) in [7, 11) is 0. The lowest BCUT2D eigenvalue weighted by atomic mass is 10.00. The van der Waals surface area contributed by atoms with E-state index in [0.29, 0.717) is 29.5 Å². The summed E-state index contributed by atoms with van der Waals surface area (Å²) < 4.78 is 6.91. The molecule has 8 heteroatoms. The van der Waals surface area contributed by atoms with Gasteiger partial charge in [-0.2, -0.15) is 0 Å². The number of halogens is 2. The number of ether oxygens (including phenoxy) is 1. The Labute approximate surface area is 223 Å². The van der Waals surface area contributed by atoms with Crippen molar-refractivity contribution >= 4 is 50.7 Å². The van der Waals surface area contributed by atoms with E-state index in [-0.39, 0.29) is 30.4 Å². The molecular weight excluding hydrogens is 548 g/mol. The number of benzene rings is 2. The van der Waals surface area contributed by atoms with Crippen LogP contribution in [0.1, 0.15) is 47.1 Å². The van der Waals surface area contributed by atoms with Gasteiger partial charge in [-0.05, 0) is 79.2 Å². The van der Waals surface area contributed by atoms with Crippen molar-refractivity contribution in [2.24, 2.45) is 0 Å². The van der Waals surface area contributed by atoms with E-state index >= 15 is 0 Å². The first-order valence-electron chi connectivity index (χ1n) is 11.7. The fourth-order valence-corrected chi connectivity index (χ4v) is 5.71. The van der Waals surface area contributed by atoms with Crippen LogP contribution in [0.2, 0.25) is 5.02 Å². The molecule has 0 aliphatic carbocycles. The lowest BCUT2D eigenvalue weighted by molar-refractivity contribution is -0.136. The molecule has 0 fully saturated rings. The topological polar surface area (TPSA) is 49.9 Å². The summed E-state index contributed by atoms with van der Waals surface area (Å²) in [6.07, 6.45) is 1.56. The van der Waals surface area contributed by atoms with E-state index in [0.717, 1.165) is 22.9 Å². The first-order valence-corrected chi connectivity index (χ1v) is 13.7. The van der Waals surface area contributed by atoms with E-state index in [2.05, 4.69) is 27.4 Å². The van der Waals surface area contributed by atoms with Gasteiger partial charge in [0, 0.05) is 32.5 Å². The van der Waals surface area contributed by atoms with Gasteiger partial charge in [0.1, 0.15) is 18.9 Å². The third-order valence-electron chi connectivity index (χ3n) is 6.40. The molecule has 184 valence electrons. The van der Waals surface area contributed by atoms with Gasteiger partial charge >= 0.3 is 0 Å². The molecule has 0 unspecified atom stereocenters. The highest BCUT2D eigenvalue weighted by Crippen LogP contribution is 2.34. The van der Waals surface area contributed by atoms with Gasteiger partial charge in [0.25, 0.3) is 5.91 Å². The minimum Gasteiger partial charge on any atom is -0.491 e. The molecule has 2 atom stereocenters. The molecule has 0 saturated heterocycles. The normalized spacial score (nSPS) is 15.9. The third-order valence-corrected chi connectivity index (χ3v) is 8.14. The summed E-state index contributed by atoms with van der Waals surface area (Å²) in [5, 5.41) is 2.71. The average Bonchev–Trinajstić information content (AvgIpc) is 3.35. The number of fused-ring (bicyclic) bond motifs is 1. The van der Waals surface area contributed by atoms with Gasteiger partial charge in [-0.25, -0.2) is 0 Å². The van der Waals surface area contributed by atoms with Gasteiger partial charge in [-0.1, -0.05) is 40.5 Å². The molecule has 2 heterocycles. The molecule has 0 saturated carbocycles. The highest BCUT2D eigenvalue weighted by molar-refractivity contribution is 9.10. The molecule has 2 amide bonds. The van der Waals surface area contributed by atoms with Crippen molar-refractivity contribution in [3.63, 3.8) is 0 Å². The van der Waals surface area contributed by atoms with Crippen molar-refractivity contribution in [3.05, 3.63) is 85.5 Å². The molecule has 2 aromatic carbocycles. The third kappa shape index (κ3) is 6.08. The number of carbonyl (C=O) groups is 2. The Hall–Kier alpha value is -2.35. The van der Waals surface area contributed by atoms with E-state index in [1.54, 1.807) is 40.5 Å². The Morgan fingerprint density at radius 2 is 2.00 bits per heavy atom. The van der Waals surface area contributed by atoms with Crippen LogP contribution in [-0.4, -0.2) is 47.4 Å². The molecular formula is C27H28BrClN2O3S. The van der Waals surface area contributed by atoms with Crippen LogP contribution < -0.4 is 4.74 Å². The molecule has 4 rings (SSSR count). The molecule has 0 bridgehead atoms. The van der Waals surface area contributed by atoms with Gasteiger partial charge in [-0.3, -0.25) is 9.59 Å². The standard InChI is InChI=1S/C27H28BrClN2O3S/c1-3-18(2)31(27(33)19-5-4-6-20(28)15-19)16-26(32)30-13-11-25-23(12-14-35-25)24(30)17-34-22-9-7-21(29)8-10-22/h4-10,12,14-15,18,24H,3,11,13,16-17H2,1-2H3/t18-,24+/m0/s1. The molecule has 1 aliphatic rings. The van der Waals surface area contributed by atoms with Crippen LogP contribution >= 0.6 is 38.9 Å². The second-order valence-electron chi connectivity index (χ2n) is 8.62. The van der Waals surface area contributed by atoms with Crippen molar-refractivity contribution in [1.29, 1.82) is 0 Å². The van der Waals surface area contributed by atoms with Gasteiger partial charge in [-0.15, -0.1) is 11.3 Å². The van der Waals surface area contributed by atoms with Crippen LogP contribution in [-0.2, 0) is 11.2 Å². The Kier molecular flexibility index (Phi) is 8.52. The molecule has 1 aromatic heterocycles. The Bertz CT molecular complexity index is 1180. The molecule has 0 spiro atoms. The van der Waals surface area contributed by atoms with Crippen LogP contribution in [0.4, 0.5) is 0 Å². The van der Waals surface area contributed by atoms with Crippen molar-refractivity contribution < 1.29 is 14.3 Å². The molecule has 1 aliphatic heterocycles. The highest BCUT2D eigenvalue weighted by Gasteiger charge is 2.34. The van der Waals surface area contributed by atoms with Gasteiger partial charge in [0.2, 0.25) is 5.91 Å². The van der Waals surface area contributed by atoms with E-state index in [4.69, 9.17) is 16.3 Å². The summed E-state index contributed by atoms with van der Waals surface area (Å²) in [4.78, 5) is 31.9. The lowest BCUT2D eigenvalue weighted by Gasteiger charge is -2.38. The van der Waals surface area contributed by atoms with E-state index in [1.807, 2.05) is 43.0 Å². The number of hydrogen-bond acceptors (Lipinski definition) is 4. The van der Waals surface area contributed by atoms with Crippen molar-refractivity contribution in [2.45, 2.75) is 38.8 Å². The van der Waals surface area contributed by atoms with Crippen molar-refractivity contribution in [2.75, 3.05) is 19.7 Å². The predicted octanol–water partition coefficient (Wildman–Crippen LogP) is 6.61. The van der Waals surface area contributed by atoms with Gasteiger partial charge < -0.3 is 14.5 Å². The van der Waals surface area contributed by atoms with Crippen molar-refractivity contribution in [3.8, 4) is 5.75 Å². The Morgan fingerprint density at radius 3 is 2.71 bits per heavy atom. The maximum atomic E-state index is 13.7. The maximum Gasteiger partial charge on any atom is 0.254 e. The van der Waals surface area contributed by atoms with Crippen LogP contribution in [0.25, 0.3) is 0 Å². The van der Waals surface area contributed by atoms with E-state index in [1.165, 1.54) is 4.88 Å². The minimum absolute atomic E-state index is 0.0251. The zero-order valence-electron chi connectivity index (χ0n) is 19.7. The van der Waals surface area contributed by atoms with Crippen LogP contribution in [0, 0.1) is 0 Å². The minimum atomic E-state index is -0.215. The zero-order chi connectivity index (χ0) is 24.9. The maximum absolute atomic E-state index is 13.7. The fraction of sp³-hybridized carbons (Fsp3) is 0.333. The Balaban J connectivity index is 1.54. The summed E-state index contributed by atoms with van der Waals surface area (Å²) in [5.41, 5.74) is 1.69. The monoisotopic (exact) mass is 574 g/mol. The number of hydrogen-bond donors (Lipinski definition) is 0.